The number of pyridine rings is 1. The molecule has 0 saturated heterocycles. The van der Waals surface area contributed by atoms with Gasteiger partial charge in [-0.05, 0) is 90.9 Å². The minimum absolute atomic E-state index is 0.268. The molecule has 2 heterocycles. The number of nitrogens with zero attached hydrogens (tertiary/aromatic N) is 1. The molecule has 198 valence electrons. The van der Waals surface area contributed by atoms with Crippen molar-refractivity contribution in [1.29, 1.82) is 0 Å². The van der Waals surface area contributed by atoms with Crippen molar-refractivity contribution in [2.24, 2.45) is 0 Å². The Morgan fingerprint density at radius 2 is 1.69 bits per heavy atom. The Balaban J connectivity index is 1.61. The maximum absolute atomic E-state index is 14.8. The number of thioether (sulfide) groups is 1. The predicted molar refractivity (Wildman–Crippen MR) is 147 cm³/mol. The Bertz CT molecular complexity index is 1620. The first-order chi connectivity index (χ1) is 18.7. The van der Waals surface area contributed by atoms with Gasteiger partial charge in [-0.25, -0.2) is 18.2 Å². The molecule has 4 aromatic rings. The van der Waals surface area contributed by atoms with Gasteiger partial charge in [-0.3, -0.25) is 4.79 Å². The van der Waals surface area contributed by atoms with E-state index in [1.54, 1.807) is 25.1 Å². The van der Waals surface area contributed by atoms with Crippen LogP contribution in [0.5, 0.6) is 0 Å². The second-order valence-electron chi connectivity index (χ2n) is 9.26. The highest BCUT2D eigenvalue weighted by Gasteiger charge is 2.34. The second-order valence-corrected chi connectivity index (χ2v) is 10.1. The lowest BCUT2D eigenvalue weighted by atomic mass is 9.89. The second kappa shape index (κ2) is 10.7. The molecule has 3 aromatic carbocycles. The summed E-state index contributed by atoms with van der Waals surface area (Å²) in [5.74, 6) is -2.42. The molecular formula is C30H24F3N3O2S. The Labute approximate surface area is 228 Å². The topological polar surface area (TPSA) is 69.5 Å². The first-order valence-electron chi connectivity index (χ1n) is 12.1. The monoisotopic (exact) mass is 547 g/mol. The lowest BCUT2D eigenvalue weighted by Gasteiger charge is -2.33. The van der Waals surface area contributed by atoms with E-state index in [9.17, 15) is 23.2 Å². The number of benzene rings is 3. The first kappa shape index (κ1) is 26.7. The summed E-state index contributed by atoms with van der Waals surface area (Å²) in [6, 6.07) is 13.7. The van der Waals surface area contributed by atoms with Gasteiger partial charge in [-0.2, -0.15) is 0 Å². The number of quaternary nitrogens is 1. The standard InChI is InChI=1S/C30H24F3N3O2S/c1-16-7-9-19(34-30(37)18-8-10-23(31)17(2)13-18)14-21(16)22-15-26(39-3)35-28-20(22)11-12-36(38)29(28)27-24(32)5-4-6-25(27)33/h4-15,29,36H,1-3H3,(H,34,37). The number of hydroxylamine groups is 2. The maximum atomic E-state index is 14.8. The molecule has 0 saturated carbocycles. The highest BCUT2D eigenvalue weighted by atomic mass is 32.2. The summed E-state index contributed by atoms with van der Waals surface area (Å²) in [5, 5.41) is 16.0. The molecule has 2 unspecified atom stereocenters. The van der Waals surface area contributed by atoms with Crippen LogP contribution in [0.4, 0.5) is 18.9 Å². The van der Waals surface area contributed by atoms with Crippen molar-refractivity contribution >= 4 is 29.4 Å². The number of nitrogens with one attached hydrogen (secondary N) is 2. The van der Waals surface area contributed by atoms with E-state index < -0.39 is 34.5 Å². The molecule has 0 fully saturated rings. The Morgan fingerprint density at radius 3 is 2.38 bits per heavy atom. The number of hydrogen-bond acceptors (Lipinski definition) is 4. The van der Waals surface area contributed by atoms with Gasteiger partial charge in [0, 0.05) is 22.9 Å². The quantitative estimate of drug-likeness (QED) is 0.230. The molecule has 0 spiro atoms. The van der Waals surface area contributed by atoms with Crippen LogP contribution in [0, 0.1) is 36.5 Å². The number of carbonyl (C=O) groups excluding carboxylic acids is 1. The number of fused-ring (bicyclic) bond motifs is 1. The molecule has 5 rings (SSSR count). The molecule has 1 amide bonds. The van der Waals surface area contributed by atoms with Crippen molar-refractivity contribution in [3.8, 4) is 11.1 Å². The number of halogens is 3. The van der Waals surface area contributed by atoms with Crippen molar-refractivity contribution in [1.82, 2.24) is 4.98 Å². The lowest BCUT2D eigenvalue weighted by molar-refractivity contribution is -0.821. The average Bonchev–Trinajstić information content (AvgIpc) is 2.91. The summed E-state index contributed by atoms with van der Waals surface area (Å²) >= 11 is 1.34. The molecule has 2 atom stereocenters. The Morgan fingerprint density at radius 1 is 0.949 bits per heavy atom. The maximum Gasteiger partial charge on any atom is 0.255 e. The largest absolute Gasteiger partial charge is 0.629 e. The Hall–Kier alpha value is -3.92. The van der Waals surface area contributed by atoms with Crippen molar-refractivity contribution in [3.05, 3.63) is 123 Å². The van der Waals surface area contributed by atoms with E-state index in [0.29, 0.717) is 33.0 Å². The van der Waals surface area contributed by atoms with Crippen LogP contribution in [-0.4, -0.2) is 17.1 Å². The molecule has 1 aliphatic rings. The summed E-state index contributed by atoms with van der Waals surface area (Å²) in [7, 11) is 0. The minimum atomic E-state index is -1.23. The van der Waals surface area contributed by atoms with E-state index >= 15 is 0 Å². The van der Waals surface area contributed by atoms with Crippen LogP contribution >= 0.6 is 11.8 Å². The highest BCUT2D eigenvalue weighted by molar-refractivity contribution is 7.98. The smallest absolute Gasteiger partial charge is 0.255 e. The third-order valence-corrected chi connectivity index (χ3v) is 7.37. The number of rotatable bonds is 5. The highest BCUT2D eigenvalue weighted by Crippen LogP contribution is 2.38. The Kier molecular flexibility index (Phi) is 7.31. The van der Waals surface area contributed by atoms with Gasteiger partial charge < -0.3 is 15.6 Å². The zero-order chi connectivity index (χ0) is 27.8. The van der Waals surface area contributed by atoms with E-state index in [0.717, 1.165) is 23.3 Å². The SMILES string of the molecule is CSc1cc(-c2cc(NC(=O)c3ccc(F)c(C)c3)ccc2C)c2c(n1)C(c1c(F)cccc1F)[NH+]([O-])C=C2. The van der Waals surface area contributed by atoms with Crippen molar-refractivity contribution < 1.29 is 23.0 Å². The van der Waals surface area contributed by atoms with Crippen molar-refractivity contribution in [2.45, 2.75) is 24.9 Å². The number of carbonyl (C=O) groups is 1. The van der Waals surface area contributed by atoms with Crippen LogP contribution in [0.3, 0.4) is 0 Å². The fourth-order valence-electron chi connectivity index (χ4n) is 4.71. The first-order valence-corrected chi connectivity index (χ1v) is 13.3. The van der Waals surface area contributed by atoms with Gasteiger partial charge in [0.2, 0.25) is 0 Å². The fraction of sp³-hybridized carbons (Fsp3) is 0.133. The molecule has 0 bridgehead atoms. The fourth-order valence-corrected chi connectivity index (χ4v) is 5.14. The van der Waals surface area contributed by atoms with E-state index in [4.69, 9.17) is 0 Å². The summed E-state index contributed by atoms with van der Waals surface area (Å²) < 4.78 is 43.3. The zero-order valence-corrected chi connectivity index (χ0v) is 22.1. The van der Waals surface area contributed by atoms with Crippen molar-refractivity contribution in [2.75, 3.05) is 11.6 Å². The summed E-state index contributed by atoms with van der Waals surface area (Å²) in [4.78, 5) is 17.5. The lowest BCUT2D eigenvalue weighted by Crippen LogP contribution is -3.03. The van der Waals surface area contributed by atoms with E-state index in [1.165, 1.54) is 42.2 Å². The number of hydrogen-bond donors (Lipinski definition) is 2. The molecule has 0 radical (unpaired) electrons. The van der Waals surface area contributed by atoms with Gasteiger partial charge in [0.15, 0.2) is 6.04 Å². The molecule has 1 aliphatic heterocycles. The third-order valence-electron chi connectivity index (χ3n) is 6.74. The van der Waals surface area contributed by atoms with Crippen LogP contribution in [0.15, 0.2) is 71.9 Å². The van der Waals surface area contributed by atoms with E-state index in [-0.39, 0.29) is 11.3 Å². The van der Waals surface area contributed by atoms with Crippen LogP contribution in [0.1, 0.15) is 44.3 Å². The van der Waals surface area contributed by atoms with E-state index in [1.807, 2.05) is 25.3 Å². The summed E-state index contributed by atoms with van der Waals surface area (Å²) in [6.45, 7) is 3.49. The molecule has 5 nitrogen and oxygen atoms in total. The van der Waals surface area contributed by atoms with Crippen LogP contribution in [0.25, 0.3) is 17.2 Å². The van der Waals surface area contributed by atoms with Crippen LogP contribution < -0.4 is 10.4 Å². The molecule has 39 heavy (non-hydrogen) atoms. The predicted octanol–water partition coefficient (Wildman–Crippen LogP) is 6.21. The van der Waals surface area contributed by atoms with Crippen LogP contribution in [0.2, 0.25) is 0 Å². The molecular weight excluding hydrogens is 523 g/mol. The van der Waals surface area contributed by atoms with Gasteiger partial charge in [0.25, 0.3) is 5.91 Å². The van der Waals surface area contributed by atoms with Crippen LogP contribution in [-0.2, 0) is 0 Å². The van der Waals surface area contributed by atoms with Gasteiger partial charge in [0.1, 0.15) is 23.1 Å². The van der Waals surface area contributed by atoms with E-state index in [2.05, 4.69) is 10.3 Å². The van der Waals surface area contributed by atoms with Gasteiger partial charge in [-0.15, -0.1) is 11.8 Å². The number of anilines is 1. The number of aromatic nitrogens is 1. The van der Waals surface area contributed by atoms with Crippen molar-refractivity contribution in [3.63, 3.8) is 0 Å². The van der Waals surface area contributed by atoms with Gasteiger partial charge >= 0.3 is 0 Å². The molecule has 9 heteroatoms. The third kappa shape index (κ3) is 5.08. The zero-order valence-electron chi connectivity index (χ0n) is 21.3. The van der Waals surface area contributed by atoms with Gasteiger partial charge in [0.05, 0.1) is 16.8 Å². The van der Waals surface area contributed by atoms with Gasteiger partial charge in [-0.1, -0.05) is 12.1 Å². The summed E-state index contributed by atoms with van der Waals surface area (Å²) in [6.07, 6.45) is 4.76. The number of aryl methyl sites for hydroxylation is 2. The normalized spacial score (nSPS) is 16.2. The minimum Gasteiger partial charge on any atom is -0.629 e. The average molecular weight is 548 g/mol. The molecule has 0 aliphatic carbocycles. The summed E-state index contributed by atoms with van der Waals surface area (Å²) in [5.41, 5.74) is 4.03. The molecule has 1 aromatic heterocycles. The number of amides is 1. The molecule has 2 N–H and O–H groups in total.